The Hall–Kier alpha value is -2.97. The topological polar surface area (TPSA) is 69.2 Å². The summed E-state index contributed by atoms with van der Waals surface area (Å²) in [4.78, 5) is 12.3. The lowest BCUT2D eigenvalue weighted by molar-refractivity contribution is 0.382. The molecule has 0 fully saturated rings. The Bertz CT molecular complexity index is 1170. The predicted molar refractivity (Wildman–Crippen MR) is 115 cm³/mol. The zero-order valence-electron chi connectivity index (χ0n) is 16.5. The van der Waals surface area contributed by atoms with E-state index in [1.807, 2.05) is 20.2 Å². The molecular formula is C21H22FN5OS. The average molecular weight is 412 g/mol. The number of anilines is 1. The number of rotatable bonds is 6. The molecule has 2 N–H and O–H groups in total. The van der Waals surface area contributed by atoms with Crippen molar-refractivity contribution in [1.29, 1.82) is 0 Å². The number of fused-ring (bicyclic) bond motifs is 1. The first-order chi connectivity index (χ1) is 13.9. The zero-order chi connectivity index (χ0) is 20.5. The Labute approximate surface area is 172 Å². The van der Waals surface area contributed by atoms with Crippen LogP contribution in [0.5, 0.6) is 11.5 Å². The van der Waals surface area contributed by atoms with Crippen LogP contribution in [-0.4, -0.2) is 33.5 Å². The Morgan fingerprint density at radius 2 is 2.03 bits per heavy atom. The van der Waals surface area contributed by atoms with Crippen LogP contribution in [0.2, 0.25) is 0 Å². The second-order valence-corrected chi connectivity index (χ2v) is 8.04. The number of nitrogens with two attached hydrogens (primary N) is 1. The zero-order valence-corrected chi connectivity index (χ0v) is 17.3. The van der Waals surface area contributed by atoms with Gasteiger partial charge in [0.25, 0.3) is 0 Å². The molecule has 0 aliphatic rings. The van der Waals surface area contributed by atoms with Crippen molar-refractivity contribution in [3.05, 3.63) is 54.4 Å². The van der Waals surface area contributed by atoms with E-state index in [9.17, 15) is 4.39 Å². The third-order valence-electron chi connectivity index (χ3n) is 4.46. The van der Waals surface area contributed by atoms with Crippen LogP contribution in [0.1, 0.15) is 12.7 Å². The summed E-state index contributed by atoms with van der Waals surface area (Å²) in [5.74, 6) is 1.20. The number of nitrogens with zero attached hydrogens (tertiary/aromatic N) is 4. The summed E-state index contributed by atoms with van der Waals surface area (Å²) in [6, 6.07) is 8.12. The molecule has 0 spiro atoms. The number of halogens is 1. The molecule has 0 amide bonds. The van der Waals surface area contributed by atoms with Gasteiger partial charge in [0.2, 0.25) is 0 Å². The Morgan fingerprint density at radius 3 is 2.76 bits per heavy atom. The van der Waals surface area contributed by atoms with Gasteiger partial charge in [-0.1, -0.05) is 0 Å². The number of ether oxygens (including phenoxy) is 1. The molecule has 1 aromatic carbocycles. The second kappa shape index (κ2) is 7.81. The van der Waals surface area contributed by atoms with Crippen molar-refractivity contribution in [2.45, 2.75) is 20.0 Å². The molecule has 0 radical (unpaired) electrons. The Kier molecular flexibility index (Phi) is 5.21. The van der Waals surface area contributed by atoms with Crippen LogP contribution in [-0.2, 0) is 13.1 Å². The number of imidazole rings is 1. The van der Waals surface area contributed by atoms with Crippen LogP contribution in [0.3, 0.4) is 0 Å². The molecule has 6 nitrogen and oxygen atoms in total. The summed E-state index contributed by atoms with van der Waals surface area (Å²) in [7, 11) is 4.05. The van der Waals surface area contributed by atoms with Crippen LogP contribution in [0.4, 0.5) is 10.1 Å². The molecule has 4 rings (SSSR count). The minimum absolute atomic E-state index is 0.130. The second-order valence-electron chi connectivity index (χ2n) is 6.99. The van der Waals surface area contributed by atoms with E-state index in [0.29, 0.717) is 11.4 Å². The number of thiophene rings is 1. The molecule has 3 aromatic heterocycles. The molecular weight excluding hydrogens is 389 g/mol. The molecule has 0 atom stereocenters. The number of nitrogen functional groups attached to an aromatic ring is 1. The van der Waals surface area contributed by atoms with Gasteiger partial charge in [-0.25, -0.2) is 9.37 Å². The van der Waals surface area contributed by atoms with Crippen molar-refractivity contribution in [1.82, 2.24) is 19.4 Å². The first-order valence-electron chi connectivity index (χ1n) is 9.27. The molecule has 150 valence electrons. The normalized spacial score (nSPS) is 11.5. The lowest BCUT2D eigenvalue weighted by atomic mass is 10.3. The van der Waals surface area contributed by atoms with Gasteiger partial charge < -0.3 is 19.9 Å². The van der Waals surface area contributed by atoms with E-state index in [1.54, 1.807) is 18.3 Å². The third-order valence-corrected chi connectivity index (χ3v) is 5.62. The van der Waals surface area contributed by atoms with Gasteiger partial charge in [0, 0.05) is 36.8 Å². The van der Waals surface area contributed by atoms with E-state index in [1.165, 1.54) is 23.5 Å². The highest BCUT2D eigenvalue weighted by molar-refractivity contribution is 7.22. The molecule has 0 saturated carbocycles. The van der Waals surface area contributed by atoms with E-state index < -0.39 is 5.82 Å². The molecule has 8 heteroatoms. The SMILES string of the molecule is CCn1cc(-c2cc3nccc(Oc4ccc(N)cc4F)c3s2)nc1CN(C)C. The van der Waals surface area contributed by atoms with E-state index >= 15 is 0 Å². The molecule has 0 saturated heterocycles. The van der Waals surface area contributed by atoms with Crippen molar-refractivity contribution in [3.63, 3.8) is 0 Å². The number of hydrogen-bond acceptors (Lipinski definition) is 6. The minimum Gasteiger partial charge on any atom is -0.453 e. The van der Waals surface area contributed by atoms with Crippen LogP contribution < -0.4 is 10.5 Å². The summed E-state index contributed by atoms with van der Waals surface area (Å²) in [6.07, 6.45) is 3.72. The molecule has 4 aromatic rings. The highest BCUT2D eigenvalue weighted by atomic mass is 32.1. The molecule has 0 aliphatic heterocycles. The van der Waals surface area contributed by atoms with Crippen LogP contribution >= 0.6 is 11.3 Å². The third kappa shape index (κ3) is 3.94. The predicted octanol–water partition coefficient (Wildman–Crippen LogP) is 4.75. The summed E-state index contributed by atoms with van der Waals surface area (Å²) in [6.45, 7) is 3.72. The summed E-state index contributed by atoms with van der Waals surface area (Å²) in [5, 5.41) is 0. The molecule has 0 bridgehead atoms. The first-order valence-corrected chi connectivity index (χ1v) is 10.1. The van der Waals surface area contributed by atoms with Gasteiger partial charge in [0.15, 0.2) is 11.6 Å². The number of aromatic nitrogens is 3. The largest absolute Gasteiger partial charge is 0.453 e. The number of hydrogen-bond donors (Lipinski definition) is 1. The number of benzene rings is 1. The van der Waals surface area contributed by atoms with E-state index in [4.69, 9.17) is 15.5 Å². The van der Waals surface area contributed by atoms with Gasteiger partial charge in [0.1, 0.15) is 11.6 Å². The quantitative estimate of drug-likeness (QED) is 0.464. The van der Waals surface area contributed by atoms with E-state index in [-0.39, 0.29) is 5.75 Å². The summed E-state index contributed by atoms with van der Waals surface area (Å²) in [5.41, 5.74) is 7.66. The van der Waals surface area contributed by atoms with E-state index in [2.05, 4.69) is 27.6 Å². The monoisotopic (exact) mass is 411 g/mol. The smallest absolute Gasteiger partial charge is 0.167 e. The fraction of sp³-hybridized carbons (Fsp3) is 0.238. The number of aryl methyl sites for hydroxylation is 1. The van der Waals surface area contributed by atoms with Crippen molar-refractivity contribution in [3.8, 4) is 22.1 Å². The Morgan fingerprint density at radius 1 is 1.21 bits per heavy atom. The molecule has 3 heterocycles. The van der Waals surface area contributed by atoms with Gasteiger partial charge in [-0.15, -0.1) is 11.3 Å². The summed E-state index contributed by atoms with van der Waals surface area (Å²) < 4.78 is 23.0. The Balaban J connectivity index is 1.72. The molecule has 0 unspecified atom stereocenters. The van der Waals surface area contributed by atoms with Gasteiger partial charge in [-0.05, 0) is 39.2 Å². The minimum atomic E-state index is -0.498. The van der Waals surface area contributed by atoms with Crippen LogP contribution in [0.25, 0.3) is 20.8 Å². The summed E-state index contributed by atoms with van der Waals surface area (Å²) >= 11 is 1.53. The van der Waals surface area contributed by atoms with Gasteiger partial charge in [-0.2, -0.15) is 0 Å². The van der Waals surface area contributed by atoms with Crippen molar-refractivity contribution in [2.24, 2.45) is 0 Å². The lowest BCUT2D eigenvalue weighted by Crippen LogP contribution is -2.15. The fourth-order valence-electron chi connectivity index (χ4n) is 3.10. The maximum absolute atomic E-state index is 14.2. The van der Waals surface area contributed by atoms with Crippen molar-refractivity contribution >= 4 is 27.2 Å². The maximum atomic E-state index is 14.2. The standard InChI is InChI=1S/C21H22FN5OS/c1-4-27-11-16(25-20(27)12-26(2)3)19-10-15-21(29-19)18(7-8-24-15)28-17-6-5-13(23)9-14(17)22/h5-11H,4,12,23H2,1-3H3. The van der Waals surface area contributed by atoms with Gasteiger partial charge >= 0.3 is 0 Å². The van der Waals surface area contributed by atoms with Gasteiger partial charge in [0.05, 0.1) is 27.3 Å². The molecule has 29 heavy (non-hydrogen) atoms. The highest BCUT2D eigenvalue weighted by Crippen LogP contribution is 2.39. The van der Waals surface area contributed by atoms with Crippen molar-refractivity contribution in [2.75, 3.05) is 19.8 Å². The highest BCUT2D eigenvalue weighted by Gasteiger charge is 2.16. The molecule has 0 aliphatic carbocycles. The lowest BCUT2D eigenvalue weighted by Gasteiger charge is -2.09. The van der Waals surface area contributed by atoms with Crippen LogP contribution in [0.15, 0.2) is 42.7 Å². The van der Waals surface area contributed by atoms with Gasteiger partial charge in [-0.3, -0.25) is 4.98 Å². The first kappa shape index (κ1) is 19.4. The average Bonchev–Trinajstić information content (AvgIpc) is 3.27. The maximum Gasteiger partial charge on any atom is 0.167 e. The fourth-order valence-corrected chi connectivity index (χ4v) is 4.12. The van der Waals surface area contributed by atoms with Crippen LogP contribution in [0, 0.1) is 5.82 Å². The van der Waals surface area contributed by atoms with Crippen molar-refractivity contribution < 1.29 is 9.13 Å². The van der Waals surface area contributed by atoms with E-state index in [0.717, 1.165) is 39.7 Å². The number of pyridine rings is 1.